The zero-order valence-corrected chi connectivity index (χ0v) is 11.2. The van der Waals surface area contributed by atoms with E-state index in [0.717, 1.165) is 25.3 Å². The zero-order valence-electron chi connectivity index (χ0n) is 11.2. The van der Waals surface area contributed by atoms with E-state index in [-0.39, 0.29) is 6.10 Å². The zero-order chi connectivity index (χ0) is 12.0. The molecule has 2 N–H and O–H groups in total. The molecular weight excluding hydrogens is 198 g/mol. The van der Waals surface area contributed by atoms with Gasteiger partial charge in [0.15, 0.2) is 0 Å². The van der Waals surface area contributed by atoms with E-state index in [1.54, 1.807) is 0 Å². The second-order valence-corrected chi connectivity index (χ2v) is 5.28. The average Bonchev–Trinajstić information content (AvgIpc) is 3.09. The number of nitrogens with one attached hydrogen (secondary N) is 1. The first-order valence-corrected chi connectivity index (χ1v) is 7.14. The summed E-state index contributed by atoms with van der Waals surface area (Å²) in [5, 5.41) is 13.6. The van der Waals surface area contributed by atoms with E-state index in [9.17, 15) is 5.11 Å². The van der Waals surface area contributed by atoms with Crippen molar-refractivity contribution in [2.45, 2.75) is 71.4 Å². The molecule has 0 radical (unpaired) electrons. The van der Waals surface area contributed by atoms with Gasteiger partial charge in [-0.05, 0) is 31.1 Å². The highest BCUT2D eigenvalue weighted by Gasteiger charge is 2.30. The van der Waals surface area contributed by atoms with Gasteiger partial charge in [0.2, 0.25) is 0 Å². The lowest BCUT2D eigenvalue weighted by atomic mass is 9.96. The molecule has 1 aliphatic rings. The van der Waals surface area contributed by atoms with Crippen LogP contribution in [0.4, 0.5) is 0 Å². The molecule has 0 spiro atoms. The molecule has 0 aromatic heterocycles. The molecule has 2 nitrogen and oxygen atoms in total. The van der Waals surface area contributed by atoms with Crippen LogP contribution in [0.5, 0.6) is 0 Å². The van der Waals surface area contributed by atoms with Gasteiger partial charge in [-0.25, -0.2) is 0 Å². The maximum atomic E-state index is 10.1. The predicted octanol–water partition coefficient (Wildman–Crippen LogP) is 2.95. The van der Waals surface area contributed by atoms with E-state index in [0.29, 0.717) is 12.0 Å². The number of hydrogen-bond donors (Lipinski definition) is 2. The summed E-state index contributed by atoms with van der Waals surface area (Å²) in [5.41, 5.74) is 0. The molecule has 0 heterocycles. The summed E-state index contributed by atoms with van der Waals surface area (Å²) in [6.45, 7) is 7.37. The van der Waals surface area contributed by atoms with Crippen molar-refractivity contribution in [3.05, 3.63) is 0 Å². The van der Waals surface area contributed by atoms with Gasteiger partial charge in [-0.1, -0.05) is 40.0 Å². The molecule has 96 valence electrons. The molecule has 2 unspecified atom stereocenters. The van der Waals surface area contributed by atoms with Gasteiger partial charge in [0.1, 0.15) is 0 Å². The third-order valence-electron chi connectivity index (χ3n) is 3.97. The molecule has 0 aromatic carbocycles. The van der Waals surface area contributed by atoms with Crippen LogP contribution in [0.3, 0.4) is 0 Å². The molecule has 1 rings (SSSR count). The Morgan fingerprint density at radius 1 is 1.19 bits per heavy atom. The van der Waals surface area contributed by atoms with E-state index >= 15 is 0 Å². The summed E-state index contributed by atoms with van der Waals surface area (Å²) < 4.78 is 0. The highest BCUT2D eigenvalue weighted by atomic mass is 16.3. The Balaban J connectivity index is 2.24. The number of rotatable bonds is 9. The monoisotopic (exact) mass is 227 g/mol. The molecule has 2 atom stereocenters. The molecule has 1 fully saturated rings. The Hall–Kier alpha value is -0.0800. The van der Waals surface area contributed by atoms with Crippen LogP contribution < -0.4 is 5.32 Å². The molecule has 0 bridgehead atoms. The van der Waals surface area contributed by atoms with E-state index in [1.165, 1.54) is 25.7 Å². The van der Waals surface area contributed by atoms with Crippen LogP contribution in [0.15, 0.2) is 0 Å². The molecule has 2 heteroatoms. The van der Waals surface area contributed by atoms with E-state index in [2.05, 4.69) is 26.1 Å². The summed E-state index contributed by atoms with van der Waals surface area (Å²) in [5.74, 6) is 1.36. The Morgan fingerprint density at radius 2 is 1.81 bits per heavy atom. The Kier molecular flexibility index (Phi) is 6.37. The lowest BCUT2D eigenvalue weighted by molar-refractivity contribution is 0.0968. The fourth-order valence-electron chi connectivity index (χ4n) is 2.59. The van der Waals surface area contributed by atoms with Gasteiger partial charge < -0.3 is 10.4 Å². The van der Waals surface area contributed by atoms with Crippen molar-refractivity contribution in [3.63, 3.8) is 0 Å². The Bertz CT molecular complexity index is 176. The van der Waals surface area contributed by atoms with Crippen molar-refractivity contribution in [1.82, 2.24) is 5.32 Å². The normalized spacial score (nSPS) is 20.1. The molecule has 0 amide bonds. The van der Waals surface area contributed by atoms with Crippen molar-refractivity contribution >= 4 is 0 Å². The minimum absolute atomic E-state index is 0.159. The number of hydrogen-bond acceptors (Lipinski definition) is 2. The van der Waals surface area contributed by atoms with Crippen LogP contribution in [0.1, 0.15) is 59.3 Å². The van der Waals surface area contributed by atoms with Gasteiger partial charge in [-0.15, -0.1) is 0 Å². The minimum atomic E-state index is -0.159. The number of aliphatic hydroxyl groups excluding tert-OH is 1. The van der Waals surface area contributed by atoms with Crippen molar-refractivity contribution in [1.29, 1.82) is 0 Å². The summed E-state index contributed by atoms with van der Waals surface area (Å²) >= 11 is 0. The molecule has 1 saturated carbocycles. The van der Waals surface area contributed by atoms with E-state index in [4.69, 9.17) is 0 Å². The van der Waals surface area contributed by atoms with Crippen molar-refractivity contribution in [2.24, 2.45) is 11.8 Å². The van der Waals surface area contributed by atoms with Crippen LogP contribution >= 0.6 is 0 Å². The van der Waals surface area contributed by atoms with Gasteiger partial charge in [-0.2, -0.15) is 0 Å². The molecule has 0 saturated heterocycles. The average molecular weight is 227 g/mol. The standard InChI is InChI=1S/C14H29NO/c1-4-7-13(12-8-9-12)15-10-14(16)11(5-2)6-3/h11-16H,4-10H2,1-3H3. The lowest BCUT2D eigenvalue weighted by Crippen LogP contribution is -2.39. The summed E-state index contributed by atoms with van der Waals surface area (Å²) in [6, 6.07) is 0.661. The lowest BCUT2D eigenvalue weighted by Gasteiger charge is -2.24. The maximum Gasteiger partial charge on any atom is 0.0692 e. The van der Waals surface area contributed by atoms with Gasteiger partial charge in [0.05, 0.1) is 6.10 Å². The third-order valence-corrected chi connectivity index (χ3v) is 3.97. The number of aliphatic hydroxyl groups is 1. The second-order valence-electron chi connectivity index (χ2n) is 5.28. The fourth-order valence-corrected chi connectivity index (χ4v) is 2.59. The topological polar surface area (TPSA) is 32.3 Å². The first kappa shape index (κ1) is 14.0. The Labute approximate surface area is 101 Å². The van der Waals surface area contributed by atoms with E-state index in [1.807, 2.05) is 0 Å². The quantitative estimate of drug-likeness (QED) is 0.635. The van der Waals surface area contributed by atoms with Crippen LogP contribution in [0.2, 0.25) is 0 Å². The highest BCUT2D eigenvalue weighted by molar-refractivity contribution is 4.87. The molecule has 0 aliphatic heterocycles. The van der Waals surface area contributed by atoms with Crippen LogP contribution in [-0.2, 0) is 0 Å². The SMILES string of the molecule is CCCC(NCC(O)C(CC)CC)C1CC1. The first-order chi connectivity index (χ1) is 7.72. The summed E-state index contributed by atoms with van der Waals surface area (Å²) in [6.07, 6.45) is 7.29. The Morgan fingerprint density at radius 3 is 2.25 bits per heavy atom. The molecule has 16 heavy (non-hydrogen) atoms. The molecular formula is C14H29NO. The molecule has 1 aliphatic carbocycles. The van der Waals surface area contributed by atoms with Crippen LogP contribution in [-0.4, -0.2) is 23.8 Å². The van der Waals surface area contributed by atoms with Crippen molar-refractivity contribution in [2.75, 3.05) is 6.54 Å². The van der Waals surface area contributed by atoms with Crippen molar-refractivity contribution in [3.8, 4) is 0 Å². The predicted molar refractivity (Wildman–Crippen MR) is 69.5 cm³/mol. The fraction of sp³-hybridized carbons (Fsp3) is 1.00. The van der Waals surface area contributed by atoms with Gasteiger partial charge in [0, 0.05) is 12.6 Å². The van der Waals surface area contributed by atoms with Gasteiger partial charge in [-0.3, -0.25) is 0 Å². The summed E-state index contributed by atoms with van der Waals surface area (Å²) in [7, 11) is 0. The third kappa shape index (κ3) is 4.42. The first-order valence-electron chi connectivity index (χ1n) is 7.14. The second kappa shape index (κ2) is 7.29. The van der Waals surface area contributed by atoms with Crippen LogP contribution in [0.25, 0.3) is 0 Å². The largest absolute Gasteiger partial charge is 0.392 e. The van der Waals surface area contributed by atoms with E-state index < -0.39 is 0 Å². The van der Waals surface area contributed by atoms with Gasteiger partial charge >= 0.3 is 0 Å². The smallest absolute Gasteiger partial charge is 0.0692 e. The van der Waals surface area contributed by atoms with Gasteiger partial charge in [0.25, 0.3) is 0 Å². The summed E-state index contributed by atoms with van der Waals surface area (Å²) in [4.78, 5) is 0. The van der Waals surface area contributed by atoms with Crippen LogP contribution in [0, 0.1) is 11.8 Å². The molecule has 0 aromatic rings. The minimum Gasteiger partial charge on any atom is -0.392 e. The highest BCUT2D eigenvalue weighted by Crippen LogP contribution is 2.34. The van der Waals surface area contributed by atoms with Crippen molar-refractivity contribution < 1.29 is 5.11 Å². The maximum absolute atomic E-state index is 10.1.